The Morgan fingerprint density at radius 3 is 2.60 bits per heavy atom. The summed E-state index contributed by atoms with van der Waals surface area (Å²) in [5, 5.41) is 8.12. The van der Waals surface area contributed by atoms with Gasteiger partial charge in [0.05, 0.1) is 5.69 Å². The van der Waals surface area contributed by atoms with Crippen LogP contribution < -0.4 is 5.32 Å². The molecule has 0 saturated carbocycles. The Kier molecular flexibility index (Phi) is 3.99. The van der Waals surface area contributed by atoms with Gasteiger partial charge in [0.15, 0.2) is 0 Å². The number of nitrogens with zero attached hydrogens (tertiary/aromatic N) is 2. The van der Waals surface area contributed by atoms with E-state index in [9.17, 15) is 8.78 Å². The van der Waals surface area contributed by atoms with Gasteiger partial charge in [0.2, 0.25) is 0 Å². The Labute approximate surface area is 145 Å². The Morgan fingerprint density at radius 2 is 1.84 bits per heavy atom. The molecule has 3 nitrogen and oxygen atoms in total. The monoisotopic (exact) mass is 339 g/mol. The predicted molar refractivity (Wildman–Crippen MR) is 95.1 cm³/mol. The maximum Gasteiger partial charge on any atom is 0.135 e. The van der Waals surface area contributed by atoms with Gasteiger partial charge in [-0.3, -0.25) is 0 Å². The van der Waals surface area contributed by atoms with Gasteiger partial charge in [-0.2, -0.15) is 5.10 Å². The van der Waals surface area contributed by atoms with Gasteiger partial charge in [0, 0.05) is 23.7 Å². The third-order valence-corrected chi connectivity index (χ3v) is 4.59. The third-order valence-electron chi connectivity index (χ3n) is 4.59. The van der Waals surface area contributed by atoms with E-state index in [2.05, 4.69) is 10.4 Å². The van der Waals surface area contributed by atoms with E-state index in [0.717, 1.165) is 48.9 Å². The number of anilines is 1. The number of aromatic nitrogens is 2. The highest BCUT2D eigenvalue weighted by Gasteiger charge is 2.23. The van der Waals surface area contributed by atoms with Crippen LogP contribution in [0.5, 0.6) is 0 Å². The fourth-order valence-corrected chi connectivity index (χ4v) is 3.27. The maximum absolute atomic E-state index is 14.4. The summed E-state index contributed by atoms with van der Waals surface area (Å²) in [5.74, 6) is -0.260. The molecule has 4 rings (SSSR count). The summed E-state index contributed by atoms with van der Waals surface area (Å²) in [6.45, 7) is 2.89. The molecule has 1 aliphatic rings. The van der Waals surface area contributed by atoms with Crippen molar-refractivity contribution in [3.63, 3.8) is 0 Å². The summed E-state index contributed by atoms with van der Waals surface area (Å²) in [6, 6.07) is 11.7. The van der Waals surface area contributed by atoms with E-state index >= 15 is 0 Å². The highest BCUT2D eigenvalue weighted by molar-refractivity contribution is 5.71. The molecule has 2 heterocycles. The molecule has 1 N–H and O–H groups in total. The molecule has 1 aliphatic heterocycles. The van der Waals surface area contributed by atoms with Gasteiger partial charge in [0.1, 0.15) is 23.1 Å². The molecular weight excluding hydrogens is 320 g/mol. The van der Waals surface area contributed by atoms with E-state index in [1.807, 2.05) is 35.9 Å². The minimum Gasteiger partial charge on any atom is -0.370 e. The Bertz CT molecular complexity index is 913. The highest BCUT2D eigenvalue weighted by atomic mass is 19.1. The first kappa shape index (κ1) is 15.8. The molecule has 0 spiro atoms. The molecule has 0 saturated heterocycles. The van der Waals surface area contributed by atoms with Crippen molar-refractivity contribution in [1.29, 1.82) is 0 Å². The number of benzene rings is 2. The van der Waals surface area contributed by atoms with Crippen LogP contribution in [0.25, 0.3) is 16.9 Å². The molecule has 0 radical (unpaired) electrons. The molecule has 3 aromatic rings. The molecule has 0 atom stereocenters. The molecule has 0 bridgehead atoms. The van der Waals surface area contributed by atoms with E-state index in [1.165, 1.54) is 17.7 Å². The van der Waals surface area contributed by atoms with E-state index < -0.39 is 11.6 Å². The summed E-state index contributed by atoms with van der Waals surface area (Å²) in [4.78, 5) is 0. The lowest BCUT2D eigenvalue weighted by molar-refractivity contribution is 0.585. The van der Waals surface area contributed by atoms with Gasteiger partial charge >= 0.3 is 0 Å². The second kappa shape index (κ2) is 6.31. The van der Waals surface area contributed by atoms with Crippen LogP contribution in [-0.2, 0) is 6.42 Å². The second-order valence-electron chi connectivity index (χ2n) is 6.43. The first-order valence-corrected chi connectivity index (χ1v) is 8.52. The summed E-state index contributed by atoms with van der Waals surface area (Å²) in [6.07, 6.45) is 2.88. The van der Waals surface area contributed by atoms with Gasteiger partial charge in [0.25, 0.3) is 0 Å². The zero-order valence-corrected chi connectivity index (χ0v) is 14.0. The van der Waals surface area contributed by atoms with Crippen LogP contribution in [0, 0.1) is 18.6 Å². The molecule has 0 amide bonds. The number of rotatable bonds is 2. The fraction of sp³-hybridized carbons (Fsp3) is 0.250. The van der Waals surface area contributed by atoms with Crippen molar-refractivity contribution in [2.75, 3.05) is 11.9 Å². The zero-order valence-electron chi connectivity index (χ0n) is 14.0. The number of aryl methyl sites for hydroxylation is 1. The predicted octanol–water partition coefficient (Wildman–Crippen LogP) is 4.87. The summed E-state index contributed by atoms with van der Waals surface area (Å²) < 4.78 is 29.5. The van der Waals surface area contributed by atoms with E-state index in [4.69, 9.17) is 0 Å². The van der Waals surface area contributed by atoms with Crippen LogP contribution in [0.3, 0.4) is 0 Å². The molecule has 0 unspecified atom stereocenters. The van der Waals surface area contributed by atoms with Gasteiger partial charge in [-0.05, 0) is 50.5 Å². The van der Waals surface area contributed by atoms with Crippen molar-refractivity contribution < 1.29 is 8.78 Å². The largest absolute Gasteiger partial charge is 0.370 e. The van der Waals surface area contributed by atoms with Crippen molar-refractivity contribution in [2.45, 2.75) is 26.2 Å². The Hall–Kier alpha value is -2.69. The number of hydrogen-bond acceptors (Lipinski definition) is 2. The smallest absolute Gasteiger partial charge is 0.135 e. The molecule has 2 aromatic carbocycles. The van der Waals surface area contributed by atoms with E-state index in [1.54, 1.807) is 0 Å². The van der Waals surface area contributed by atoms with Crippen molar-refractivity contribution in [3.05, 3.63) is 65.2 Å². The second-order valence-corrected chi connectivity index (χ2v) is 6.43. The van der Waals surface area contributed by atoms with Gasteiger partial charge in [-0.15, -0.1) is 0 Å². The van der Waals surface area contributed by atoms with Gasteiger partial charge in [-0.1, -0.05) is 17.7 Å². The van der Waals surface area contributed by atoms with Crippen LogP contribution >= 0.6 is 0 Å². The Morgan fingerprint density at radius 1 is 1.04 bits per heavy atom. The van der Waals surface area contributed by atoms with Gasteiger partial charge < -0.3 is 5.32 Å². The molecule has 25 heavy (non-hydrogen) atoms. The number of halogens is 2. The summed E-state index contributed by atoms with van der Waals surface area (Å²) in [7, 11) is 0. The first-order valence-electron chi connectivity index (χ1n) is 8.52. The number of fused-ring (bicyclic) bond motifs is 1. The van der Waals surface area contributed by atoms with Crippen molar-refractivity contribution in [3.8, 4) is 16.9 Å². The molecular formula is C20H19F2N3. The minimum atomic E-state index is -0.583. The average molecular weight is 339 g/mol. The SMILES string of the molecule is Cc1ccc(-n2nc(-c3ccc(F)cc3F)c3c2NCCCC3)cc1. The van der Waals surface area contributed by atoms with E-state index in [-0.39, 0.29) is 0 Å². The highest BCUT2D eigenvalue weighted by Crippen LogP contribution is 2.35. The molecule has 5 heteroatoms. The fourth-order valence-electron chi connectivity index (χ4n) is 3.27. The third kappa shape index (κ3) is 2.90. The lowest BCUT2D eigenvalue weighted by Crippen LogP contribution is -2.07. The molecule has 128 valence electrons. The maximum atomic E-state index is 14.4. The zero-order chi connectivity index (χ0) is 17.4. The van der Waals surface area contributed by atoms with Crippen LogP contribution in [0.4, 0.5) is 14.6 Å². The standard InChI is InChI=1S/C20H19F2N3/c1-13-5-8-15(9-6-13)25-20-17(4-2-3-11-23-20)19(24-25)16-10-7-14(21)12-18(16)22/h5-10,12,23H,2-4,11H2,1H3. The van der Waals surface area contributed by atoms with Crippen LogP contribution in [0.1, 0.15) is 24.0 Å². The van der Waals surface area contributed by atoms with Gasteiger partial charge in [-0.25, -0.2) is 13.5 Å². The summed E-state index contributed by atoms with van der Waals surface area (Å²) in [5.41, 5.74) is 4.00. The van der Waals surface area contributed by atoms with Crippen molar-refractivity contribution in [2.24, 2.45) is 0 Å². The topological polar surface area (TPSA) is 29.9 Å². The number of hydrogen-bond donors (Lipinski definition) is 1. The lowest BCUT2D eigenvalue weighted by atomic mass is 10.0. The molecule has 0 aliphatic carbocycles. The quantitative estimate of drug-likeness (QED) is 0.721. The Balaban J connectivity index is 1.91. The number of nitrogens with one attached hydrogen (secondary N) is 1. The van der Waals surface area contributed by atoms with E-state index in [0.29, 0.717) is 11.3 Å². The lowest BCUT2D eigenvalue weighted by Gasteiger charge is -2.09. The van der Waals surface area contributed by atoms with Crippen LogP contribution in [0.15, 0.2) is 42.5 Å². The van der Waals surface area contributed by atoms with Crippen molar-refractivity contribution in [1.82, 2.24) is 9.78 Å². The molecule has 0 fully saturated rings. The minimum absolute atomic E-state index is 0.340. The normalized spacial score (nSPS) is 13.9. The molecule has 1 aromatic heterocycles. The first-order chi connectivity index (χ1) is 12.1. The van der Waals surface area contributed by atoms with Crippen LogP contribution in [-0.4, -0.2) is 16.3 Å². The van der Waals surface area contributed by atoms with Crippen molar-refractivity contribution >= 4 is 5.82 Å². The average Bonchev–Trinajstić information content (AvgIpc) is 2.78. The van der Waals surface area contributed by atoms with Crippen LogP contribution in [0.2, 0.25) is 0 Å². The summed E-state index contributed by atoms with van der Waals surface area (Å²) >= 11 is 0.